The van der Waals surface area contributed by atoms with Gasteiger partial charge in [-0.2, -0.15) is 0 Å². The Balaban J connectivity index is 1.42. The Morgan fingerprint density at radius 3 is 2.67 bits per heavy atom. The summed E-state index contributed by atoms with van der Waals surface area (Å²) in [6.45, 7) is 1.06. The van der Waals surface area contributed by atoms with Gasteiger partial charge in [0.1, 0.15) is 5.82 Å². The van der Waals surface area contributed by atoms with Crippen LogP contribution in [-0.2, 0) is 11.2 Å². The van der Waals surface area contributed by atoms with E-state index in [1.165, 1.54) is 23.3 Å². The molecule has 1 atom stereocenters. The molecule has 3 nitrogen and oxygen atoms in total. The van der Waals surface area contributed by atoms with Gasteiger partial charge in [-0.25, -0.2) is 4.39 Å². The number of nitrogens with one attached hydrogen (secondary N) is 2. The first-order valence-electron chi connectivity index (χ1n) is 7.06. The highest BCUT2D eigenvalue weighted by Crippen LogP contribution is 2.33. The third kappa shape index (κ3) is 3.28. The van der Waals surface area contributed by atoms with Crippen molar-refractivity contribution in [2.24, 2.45) is 0 Å². The summed E-state index contributed by atoms with van der Waals surface area (Å²) in [5, 5.41) is 5.90. The maximum atomic E-state index is 12.8. The number of hydrogen-bond acceptors (Lipinski definition) is 2. The van der Waals surface area contributed by atoms with E-state index in [0.717, 1.165) is 13.0 Å². The van der Waals surface area contributed by atoms with Gasteiger partial charge in [0.2, 0.25) is 5.91 Å². The molecular weight excluding hydrogens is 267 g/mol. The fourth-order valence-electron chi connectivity index (χ4n) is 2.64. The monoisotopic (exact) mass is 284 g/mol. The highest BCUT2D eigenvalue weighted by atomic mass is 19.1. The Hall–Kier alpha value is -2.20. The average Bonchev–Trinajstić information content (AvgIpc) is 2.46. The van der Waals surface area contributed by atoms with Crippen LogP contribution in [0.4, 0.5) is 10.1 Å². The SMILES string of the molecule is O=C(CNCC1Cc2ccccc21)Nc1ccc(F)cc1. The van der Waals surface area contributed by atoms with Crippen LogP contribution in [0.3, 0.4) is 0 Å². The van der Waals surface area contributed by atoms with Crippen molar-refractivity contribution in [1.29, 1.82) is 0 Å². The smallest absolute Gasteiger partial charge is 0.238 e. The van der Waals surface area contributed by atoms with Crippen molar-refractivity contribution in [3.8, 4) is 0 Å². The van der Waals surface area contributed by atoms with Gasteiger partial charge in [0, 0.05) is 18.2 Å². The fourth-order valence-corrected chi connectivity index (χ4v) is 2.64. The van der Waals surface area contributed by atoms with Gasteiger partial charge in [0.05, 0.1) is 6.54 Å². The Labute approximate surface area is 123 Å². The van der Waals surface area contributed by atoms with Crippen molar-refractivity contribution in [1.82, 2.24) is 5.32 Å². The zero-order chi connectivity index (χ0) is 14.7. The maximum absolute atomic E-state index is 12.8. The molecule has 2 aromatic carbocycles. The molecule has 0 heterocycles. The lowest BCUT2D eigenvalue weighted by Gasteiger charge is -2.30. The van der Waals surface area contributed by atoms with Crippen LogP contribution >= 0.6 is 0 Å². The number of amides is 1. The van der Waals surface area contributed by atoms with Gasteiger partial charge in [-0.3, -0.25) is 4.79 Å². The van der Waals surface area contributed by atoms with E-state index >= 15 is 0 Å². The second kappa shape index (κ2) is 6.06. The molecule has 0 bridgehead atoms. The normalized spacial score (nSPS) is 16.0. The number of benzene rings is 2. The predicted molar refractivity (Wildman–Crippen MR) is 80.8 cm³/mol. The summed E-state index contributed by atoms with van der Waals surface area (Å²) in [5.74, 6) is 0.0730. The largest absolute Gasteiger partial charge is 0.325 e. The van der Waals surface area contributed by atoms with Crippen LogP contribution in [0.1, 0.15) is 17.0 Å². The summed E-state index contributed by atoms with van der Waals surface area (Å²) in [4.78, 5) is 11.8. The second-order valence-electron chi connectivity index (χ2n) is 5.29. The minimum Gasteiger partial charge on any atom is -0.325 e. The van der Waals surface area contributed by atoms with Crippen molar-refractivity contribution in [2.45, 2.75) is 12.3 Å². The van der Waals surface area contributed by atoms with E-state index < -0.39 is 0 Å². The van der Waals surface area contributed by atoms with Crippen molar-refractivity contribution in [3.05, 3.63) is 65.5 Å². The molecule has 2 N–H and O–H groups in total. The Kier molecular flexibility index (Phi) is 3.97. The molecule has 0 aliphatic heterocycles. The number of halogens is 1. The lowest BCUT2D eigenvalue weighted by Crippen LogP contribution is -2.34. The zero-order valence-corrected chi connectivity index (χ0v) is 11.6. The van der Waals surface area contributed by atoms with Crippen LogP contribution in [0, 0.1) is 5.82 Å². The standard InChI is InChI=1S/C17H17FN2O/c18-14-5-7-15(8-6-14)20-17(21)11-19-10-13-9-12-3-1-2-4-16(12)13/h1-8,13,19H,9-11H2,(H,20,21). The molecule has 0 saturated carbocycles. The first-order chi connectivity index (χ1) is 10.2. The van der Waals surface area contributed by atoms with E-state index in [1.807, 2.05) is 6.07 Å². The minimum absolute atomic E-state index is 0.116. The number of carbonyl (C=O) groups is 1. The zero-order valence-electron chi connectivity index (χ0n) is 11.6. The van der Waals surface area contributed by atoms with Crippen LogP contribution in [-0.4, -0.2) is 19.0 Å². The number of fused-ring (bicyclic) bond motifs is 1. The van der Waals surface area contributed by atoms with Crippen LogP contribution in [0.2, 0.25) is 0 Å². The van der Waals surface area contributed by atoms with Crippen molar-refractivity contribution in [2.75, 3.05) is 18.4 Å². The van der Waals surface area contributed by atoms with E-state index in [-0.39, 0.29) is 18.3 Å². The molecular formula is C17H17FN2O. The first kappa shape index (κ1) is 13.8. The summed E-state index contributed by atoms with van der Waals surface area (Å²) >= 11 is 0. The highest BCUT2D eigenvalue weighted by Gasteiger charge is 2.24. The summed E-state index contributed by atoms with van der Waals surface area (Å²) in [6, 6.07) is 14.1. The lowest BCUT2D eigenvalue weighted by molar-refractivity contribution is -0.115. The van der Waals surface area contributed by atoms with Gasteiger partial charge in [0.25, 0.3) is 0 Å². The number of hydrogen-bond donors (Lipinski definition) is 2. The van der Waals surface area contributed by atoms with Gasteiger partial charge in [-0.05, 0) is 41.8 Å². The first-order valence-corrected chi connectivity index (χ1v) is 7.06. The molecule has 0 saturated heterocycles. The van der Waals surface area contributed by atoms with Gasteiger partial charge in [0.15, 0.2) is 0 Å². The second-order valence-corrected chi connectivity index (χ2v) is 5.29. The van der Waals surface area contributed by atoms with E-state index in [1.54, 1.807) is 12.1 Å². The minimum atomic E-state index is -0.310. The Morgan fingerprint density at radius 1 is 1.14 bits per heavy atom. The summed E-state index contributed by atoms with van der Waals surface area (Å²) in [7, 11) is 0. The van der Waals surface area contributed by atoms with Crippen LogP contribution in [0.25, 0.3) is 0 Å². The van der Waals surface area contributed by atoms with Crippen molar-refractivity contribution >= 4 is 11.6 Å². The van der Waals surface area contributed by atoms with Gasteiger partial charge in [-0.1, -0.05) is 24.3 Å². The lowest BCUT2D eigenvalue weighted by atomic mass is 9.78. The van der Waals surface area contributed by atoms with E-state index in [0.29, 0.717) is 11.6 Å². The highest BCUT2D eigenvalue weighted by molar-refractivity contribution is 5.92. The fraction of sp³-hybridized carbons (Fsp3) is 0.235. The molecule has 1 aliphatic rings. The Bertz CT molecular complexity index is 639. The molecule has 0 radical (unpaired) electrons. The summed E-state index contributed by atoms with van der Waals surface area (Å²) < 4.78 is 12.8. The molecule has 3 rings (SSSR count). The summed E-state index contributed by atoms with van der Waals surface area (Å²) in [6.07, 6.45) is 1.07. The number of rotatable bonds is 5. The number of carbonyl (C=O) groups excluding carboxylic acids is 1. The molecule has 4 heteroatoms. The predicted octanol–water partition coefficient (Wildman–Crippen LogP) is 2.69. The van der Waals surface area contributed by atoms with Crippen molar-refractivity contribution < 1.29 is 9.18 Å². The third-order valence-corrected chi connectivity index (χ3v) is 3.77. The van der Waals surface area contributed by atoms with Gasteiger partial charge in [-0.15, -0.1) is 0 Å². The van der Waals surface area contributed by atoms with E-state index in [4.69, 9.17) is 0 Å². The van der Waals surface area contributed by atoms with Gasteiger partial charge >= 0.3 is 0 Å². The van der Waals surface area contributed by atoms with Gasteiger partial charge < -0.3 is 10.6 Å². The molecule has 0 fully saturated rings. The molecule has 0 spiro atoms. The molecule has 1 unspecified atom stereocenters. The molecule has 21 heavy (non-hydrogen) atoms. The van der Waals surface area contributed by atoms with Crippen LogP contribution in [0.15, 0.2) is 48.5 Å². The van der Waals surface area contributed by atoms with Crippen molar-refractivity contribution in [3.63, 3.8) is 0 Å². The quantitative estimate of drug-likeness (QED) is 0.886. The van der Waals surface area contributed by atoms with Crippen LogP contribution in [0.5, 0.6) is 0 Å². The Morgan fingerprint density at radius 2 is 1.90 bits per heavy atom. The number of anilines is 1. The maximum Gasteiger partial charge on any atom is 0.238 e. The molecule has 1 aliphatic carbocycles. The van der Waals surface area contributed by atoms with E-state index in [9.17, 15) is 9.18 Å². The molecule has 2 aromatic rings. The molecule has 108 valence electrons. The molecule has 0 aromatic heterocycles. The topological polar surface area (TPSA) is 41.1 Å². The van der Waals surface area contributed by atoms with Crippen LogP contribution < -0.4 is 10.6 Å². The van der Waals surface area contributed by atoms with E-state index in [2.05, 4.69) is 28.8 Å². The average molecular weight is 284 g/mol. The summed E-state index contributed by atoms with van der Waals surface area (Å²) in [5.41, 5.74) is 3.39. The third-order valence-electron chi connectivity index (χ3n) is 3.77. The molecule has 1 amide bonds.